The molecule has 0 radical (unpaired) electrons. The fourth-order valence-electron chi connectivity index (χ4n) is 6.40. The van der Waals surface area contributed by atoms with Crippen LogP contribution in [0, 0.1) is 23.7 Å². The molecule has 1 saturated heterocycles. The van der Waals surface area contributed by atoms with Crippen LogP contribution in [-0.4, -0.2) is 60.8 Å². The van der Waals surface area contributed by atoms with Crippen LogP contribution < -0.4 is 5.32 Å². The van der Waals surface area contributed by atoms with Crippen LogP contribution in [0.2, 0.25) is 0 Å². The fourth-order valence-corrected chi connectivity index (χ4v) is 6.40. The highest BCUT2D eigenvalue weighted by molar-refractivity contribution is 5.81. The van der Waals surface area contributed by atoms with Crippen molar-refractivity contribution in [2.24, 2.45) is 0 Å². The number of nitrogens with one attached hydrogen (secondary N) is 1. The number of esters is 1. The summed E-state index contributed by atoms with van der Waals surface area (Å²) in [7, 11) is 0. The second-order valence-corrected chi connectivity index (χ2v) is 15.0. The monoisotopic (exact) mass is 801 g/mol. The Bertz CT molecular complexity index is 2010. The Labute approximate surface area is 348 Å². The minimum atomic E-state index is -1.01. The van der Waals surface area contributed by atoms with Crippen molar-refractivity contribution >= 4 is 12.1 Å². The van der Waals surface area contributed by atoms with Crippen LogP contribution in [0.4, 0.5) is 4.79 Å². The van der Waals surface area contributed by atoms with Crippen molar-refractivity contribution in [2.75, 3.05) is 6.61 Å². The quantitative estimate of drug-likeness (QED) is 0.0789. The molecule has 1 amide bonds. The summed E-state index contributed by atoms with van der Waals surface area (Å²) in [6.07, 6.45) is -3.65. The summed E-state index contributed by atoms with van der Waals surface area (Å²) in [4.78, 5) is 25.7. The minimum absolute atomic E-state index is 0.0445. The van der Waals surface area contributed by atoms with E-state index in [1.54, 1.807) is 34.6 Å². The van der Waals surface area contributed by atoms with Crippen LogP contribution in [0.25, 0.3) is 0 Å². The van der Waals surface area contributed by atoms with E-state index in [4.69, 9.17) is 33.2 Å². The van der Waals surface area contributed by atoms with Gasteiger partial charge in [-0.15, -0.1) is 17.8 Å². The van der Waals surface area contributed by atoms with Gasteiger partial charge in [0.1, 0.15) is 48.8 Å². The molecule has 4 aromatic rings. The smallest absolute Gasteiger partial charge is 0.408 e. The third-order valence-electron chi connectivity index (χ3n) is 9.26. The minimum Gasteiger partial charge on any atom is -0.459 e. The van der Waals surface area contributed by atoms with Crippen LogP contribution in [0.15, 0.2) is 115 Å². The maximum Gasteiger partial charge on any atom is 0.408 e. The maximum absolute atomic E-state index is 13.2. The highest BCUT2D eigenvalue weighted by Gasteiger charge is 2.48. The third kappa shape index (κ3) is 14.7. The van der Waals surface area contributed by atoms with Crippen LogP contribution >= 0.6 is 0 Å². The highest BCUT2D eigenvalue weighted by Crippen LogP contribution is 2.31. The van der Waals surface area contributed by atoms with Gasteiger partial charge < -0.3 is 38.5 Å². The lowest BCUT2D eigenvalue weighted by molar-refractivity contribution is -0.261. The molecular weight excluding hydrogens is 747 g/mol. The zero-order valence-electron chi connectivity index (χ0n) is 34.6. The van der Waals surface area contributed by atoms with Crippen molar-refractivity contribution in [3.63, 3.8) is 0 Å². The number of hydrogen-bond donors (Lipinski definition) is 1. The van der Waals surface area contributed by atoms with Crippen LogP contribution in [0.3, 0.4) is 0 Å². The molecule has 0 aromatic heterocycles. The van der Waals surface area contributed by atoms with Gasteiger partial charge in [0.15, 0.2) is 0 Å². The van der Waals surface area contributed by atoms with Gasteiger partial charge in [-0.1, -0.05) is 121 Å². The lowest BCUT2D eigenvalue weighted by Gasteiger charge is -2.45. The molecule has 10 heteroatoms. The van der Waals surface area contributed by atoms with E-state index < -0.39 is 54.2 Å². The average Bonchev–Trinajstić information content (AvgIpc) is 3.23. The molecule has 5 rings (SSSR count). The van der Waals surface area contributed by atoms with Gasteiger partial charge in [0.05, 0.1) is 33.0 Å². The van der Waals surface area contributed by atoms with Crippen LogP contribution in [0.5, 0.6) is 0 Å². The third-order valence-corrected chi connectivity index (χ3v) is 9.26. The number of rotatable bonds is 18. The number of alkyl carbamates (subject to hydrolysis) is 1. The molecular formula is C49H55NO9. The van der Waals surface area contributed by atoms with Crippen molar-refractivity contribution < 1.29 is 42.7 Å². The molecule has 3 unspecified atom stereocenters. The van der Waals surface area contributed by atoms with E-state index >= 15 is 0 Å². The van der Waals surface area contributed by atoms with Crippen molar-refractivity contribution in [2.45, 2.75) is 116 Å². The zero-order chi connectivity index (χ0) is 41.9. The fraction of sp³-hybridized carbons (Fsp3) is 0.388. The summed E-state index contributed by atoms with van der Waals surface area (Å²) >= 11 is 0. The van der Waals surface area contributed by atoms with Crippen molar-refractivity contribution in [1.29, 1.82) is 0 Å². The molecule has 0 saturated carbocycles. The van der Waals surface area contributed by atoms with E-state index in [-0.39, 0.29) is 26.2 Å². The molecule has 1 N–H and O–H groups in total. The Kier molecular flexibility index (Phi) is 17.6. The lowest BCUT2D eigenvalue weighted by atomic mass is 9.94. The van der Waals surface area contributed by atoms with Gasteiger partial charge in [-0.05, 0) is 62.4 Å². The van der Waals surface area contributed by atoms with E-state index in [0.717, 1.165) is 27.8 Å². The average molecular weight is 802 g/mol. The Hall–Kier alpha value is -5.46. The summed E-state index contributed by atoms with van der Waals surface area (Å²) in [6.45, 7) is 9.94. The normalized spacial score (nSPS) is 19.2. The van der Waals surface area contributed by atoms with Gasteiger partial charge in [0.2, 0.25) is 0 Å². The van der Waals surface area contributed by atoms with E-state index in [2.05, 4.69) is 29.0 Å². The number of carbonyl (C=O) groups excluding carboxylic acids is 2. The Morgan fingerprint density at radius 3 is 1.69 bits per heavy atom. The maximum atomic E-state index is 13.2. The summed E-state index contributed by atoms with van der Waals surface area (Å²) in [5, 5.41) is 2.59. The topological polar surface area (TPSA) is 111 Å². The van der Waals surface area contributed by atoms with Gasteiger partial charge >= 0.3 is 12.1 Å². The van der Waals surface area contributed by atoms with Crippen molar-refractivity contribution in [3.05, 3.63) is 143 Å². The standard InChI is InChI=1S/C49H55NO9/c1-6-8-29-41(50-48(52)59-49(3,4)5)47(51)57-34-40-28-19-18-27-39(40)33-53-35-43-45(55-31-37-23-14-10-15-24-37)46(56-32-38-25-16-11-17-26-38)44(42(58-43)20-7-2)54-30-36-21-12-9-13-22-36/h9-19,21-28,41-46H,29-35H2,1-5H3,(H,50,52)/t41-,42+,43?,44?,45-,46?/m1/s1. The van der Waals surface area contributed by atoms with E-state index in [1.165, 1.54) is 0 Å². The second-order valence-electron chi connectivity index (χ2n) is 15.0. The second kappa shape index (κ2) is 23.2. The number of benzene rings is 4. The first-order chi connectivity index (χ1) is 28.6. The number of hydrogen-bond acceptors (Lipinski definition) is 9. The predicted octanol–water partition coefficient (Wildman–Crippen LogP) is 8.10. The molecule has 1 aliphatic heterocycles. The first kappa shape index (κ1) is 44.6. The van der Waals surface area contributed by atoms with Gasteiger partial charge in [0, 0.05) is 6.42 Å². The van der Waals surface area contributed by atoms with Crippen molar-refractivity contribution in [3.8, 4) is 23.7 Å². The van der Waals surface area contributed by atoms with Crippen LogP contribution in [-0.2, 0) is 71.0 Å². The van der Waals surface area contributed by atoms with Gasteiger partial charge in [-0.25, -0.2) is 9.59 Å². The van der Waals surface area contributed by atoms with Gasteiger partial charge in [-0.3, -0.25) is 0 Å². The molecule has 6 atom stereocenters. The summed E-state index contributed by atoms with van der Waals surface area (Å²) in [5.74, 6) is 11.2. The first-order valence-electron chi connectivity index (χ1n) is 19.9. The summed E-state index contributed by atoms with van der Waals surface area (Å²) in [5.41, 5.74) is 3.85. The highest BCUT2D eigenvalue weighted by atomic mass is 16.6. The molecule has 1 heterocycles. The number of ether oxygens (including phenoxy) is 7. The van der Waals surface area contributed by atoms with E-state index in [1.807, 2.05) is 115 Å². The molecule has 0 bridgehead atoms. The Morgan fingerprint density at radius 1 is 0.661 bits per heavy atom. The molecule has 0 spiro atoms. The number of carbonyl (C=O) groups is 2. The molecule has 1 aliphatic rings. The molecule has 310 valence electrons. The SMILES string of the molecule is CC#CC[C@@H](NC(=O)OC(C)(C)C)C(=O)OCc1ccccc1COCC1O[C@@H](C#CC)C(OCc2ccccc2)C(OCc2ccccc2)[C@@H]1OCc1ccccc1. The molecule has 4 aromatic carbocycles. The lowest BCUT2D eigenvalue weighted by Crippen LogP contribution is -2.60. The largest absolute Gasteiger partial charge is 0.459 e. The first-order valence-corrected chi connectivity index (χ1v) is 19.9. The van der Waals surface area contributed by atoms with E-state index in [0.29, 0.717) is 19.8 Å². The number of amides is 1. The molecule has 1 fully saturated rings. The van der Waals surface area contributed by atoms with Gasteiger partial charge in [-0.2, -0.15) is 0 Å². The molecule has 0 aliphatic carbocycles. The summed E-state index contributed by atoms with van der Waals surface area (Å²) in [6, 6.07) is 36.4. The van der Waals surface area contributed by atoms with Crippen LogP contribution in [0.1, 0.15) is 68.9 Å². The Balaban J connectivity index is 1.33. The summed E-state index contributed by atoms with van der Waals surface area (Å²) < 4.78 is 44.3. The zero-order valence-corrected chi connectivity index (χ0v) is 34.6. The van der Waals surface area contributed by atoms with Gasteiger partial charge in [0.25, 0.3) is 0 Å². The molecule has 10 nitrogen and oxygen atoms in total. The predicted molar refractivity (Wildman–Crippen MR) is 224 cm³/mol. The Morgan fingerprint density at radius 2 is 1.17 bits per heavy atom. The van der Waals surface area contributed by atoms with E-state index in [9.17, 15) is 9.59 Å². The van der Waals surface area contributed by atoms with Crippen molar-refractivity contribution in [1.82, 2.24) is 5.32 Å². The molecule has 59 heavy (non-hydrogen) atoms.